The maximum Gasteiger partial charge on any atom is 0.0186 e. The summed E-state index contributed by atoms with van der Waals surface area (Å²) >= 11 is 0. The molecule has 2 rings (SSSR count). The summed E-state index contributed by atoms with van der Waals surface area (Å²) in [6, 6.07) is 0. The Bertz CT molecular complexity index is 149. The second-order valence-corrected chi connectivity index (χ2v) is 4.60. The molecule has 0 amide bonds. The second-order valence-electron chi connectivity index (χ2n) is 4.60. The normalized spacial score (nSPS) is 42.0. The van der Waals surface area contributed by atoms with Crippen LogP contribution in [0.4, 0.5) is 0 Å². The summed E-state index contributed by atoms with van der Waals surface area (Å²) in [7, 11) is 0. The molecule has 0 aliphatic heterocycles. The first kappa shape index (κ1) is 7.60. The Morgan fingerprint density at radius 1 is 1.18 bits per heavy atom. The first-order chi connectivity index (χ1) is 5.22. The van der Waals surface area contributed by atoms with Crippen molar-refractivity contribution in [3.8, 4) is 0 Å². The van der Waals surface area contributed by atoms with Crippen molar-refractivity contribution in [2.45, 2.75) is 51.0 Å². The van der Waals surface area contributed by atoms with Gasteiger partial charge in [0.15, 0.2) is 0 Å². The molecule has 0 aromatic heterocycles. The lowest BCUT2D eigenvalue weighted by atomic mass is 9.75. The topological polar surface area (TPSA) is 26.0 Å². The van der Waals surface area contributed by atoms with Gasteiger partial charge in [0.05, 0.1) is 0 Å². The fourth-order valence-corrected chi connectivity index (χ4v) is 2.69. The van der Waals surface area contributed by atoms with Crippen molar-refractivity contribution in [1.29, 1.82) is 0 Å². The van der Waals surface area contributed by atoms with Gasteiger partial charge in [0.2, 0.25) is 0 Å². The van der Waals surface area contributed by atoms with Crippen LogP contribution >= 0.6 is 0 Å². The Morgan fingerprint density at radius 2 is 1.82 bits per heavy atom. The number of rotatable bonds is 1. The van der Waals surface area contributed by atoms with Crippen LogP contribution < -0.4 is 5.73 Å². The van der Waals surface area contributed by atoms with Gasteiger partial charge in [0, 0.05) is 5.54 Å². The third kappa shape index (κ3) is 1.31. The van der Waals surface area contributed by atoms with E-state index in [-0.39, 0.29) is 0 Å². The summed E-state index contributed by atoms with van der Waals surface area (Å²) in [6.45, 7) is 2.39. The summed E-state index contributed by atoms with van der Waals surface area (Å²) < 4.78 is 0. The zero-order valence-corrected chi connectivity index (χ0v) is 7.47. The van der Waals surface area contributed by atoms with E-state index in [4.69, 9.17) is 5.73 Å². The molecule has 0 bridgehead atoms. The van der Waals surface area contributed by atoms with Crippen LogP contribution in [0.15, 0.2) is 0 Å². The predicted octanol–water partition coefficient (Wildman–Crippen LogP) is 2.30. The van der Waals surface area contributed by atoms with E-state index in [1.165, 1.54) is 38.5 Å². The molecular formula is C10H19N. The minimum Gasteiger partial charge on any atom is -0.325 e. The maximum atomic E-state index is 6.21. The van der Waals surface area contributed by atoms with Gasteiger partial charge in [-0.15, -0.1) is 0 Å². The Hall–Kier alpha value is -0.0400. The highest BCUT2D eigenvalue weighted by molar-refractivity contribution is 5.05. The molecule has 1 heteroatoms. The summed E-state index contributed by atoms with van der Waals surface area (Å²) in [5, 5.41) is 0. The average Bonchev–Trinajstić information content (AvgIpc) is 2.70. The first-order valence-corrected chi connectivity index (χ1v) is 5.01. The molecule has 1 nitrogen and oxygen atoms in total. The minimum atomic E-state index is 0.292. The Balaban J connectivity index is 1.99. The zero-order valence-electron chi connectivity index (χ0n) is 7.47. The molecule has 64 valence electrons. The van der Waals surface area contributed by atoms with Crippen LogP contribution in [0.25, 0.3) is 0 Å². The van der Waals surface area contributed by atoms with E-state index in [0.717, 1.165) is 11.8 Å². The number of hydrogen-bond donors (Lipinski definition) is 1. The van der Waals surface area contributed by atoms with Crippen molar-refractivity contribution in [2.75, 3.05) is 0 Å². The van der Waals surface area contributed by atoms with E-state index in [0.29, 0.717) is 5.54 Å². The van der Waals surface area contributed by atoms with Crippen molar-refractivity contribution < 1.29 is 0 Å². The van der Waals surface area contributed by atoms with E-state index >= 15 is 0 Å². The van der Waals surface area contributed by atoms with Crippen molar-refractivity contribution in [2.24, 2.45) is 17.6 Å². The van der Waals surface area contributed by atoms with E-state index in [9.17, 15) is 0 Å². The predicted molar refractivity (Wildman–Crippen MR) is 47.3 cm³/mol. The van der Waals surface area contributed by atoms with E-state index in [1.807, 2.05) is 0 Å². The fraction of sp³-hybridized carbons (Fsp3) is 1.00. The largest absolute Gasteiger partial charge is 0.325 e. The standard InChI is InChI=1S/C10H19N/c1-8-4-2-3-5-9(8)10(11)6-7-10/h8-9H,2-7,11H2,1H3. The smallest absolute Gasteiger partial charge is 0.0186 e. The van der Waals surface area contributed by atoms with Crippen molar-refractivity contribution in [3.63, 3.8) is 0 Å². The zero-order chi connectivity index (χ0) is 7.90. The van der Waals surface area contributed by atoms with Gasteiger partial charge in [-0.05, 0) is 31.1 Å². The lowest BCUT2D eigenvalue weighted by Gasteiger charge is -2.33. The molecule has 0 aromatic carbocycles. The molecule has 2 aliphatic rings. The van der Waals surface area contributed by atoms with Gasteiger partial charge in [-0.3, -0.25) is 0 Å². The van der Waals surface area contributed by atoms with Crippen LogP contribution in [-0.2, 0) is 0 Å². The molecule has 2 saturated carbocycles. The first-order valence-electron chi connectivity index (χ1n) is 5.01. The number of hydrogen-bond acceptors (Lipinski definition) is 1. The molecule has 0 aromatic rings. The summed E-state index contributed by atoms with van der Waals surface area (Å²) in [4.78, 5) is 0. The monoisotopic (exact) mass is 153 g/mol. The molecule has 11 heavy (non-hydrogen) atoms. The Labute approximate surface area is 69.4 Å². The summed E-state index contributed by atoms with van der Waals surface area (Å²) in [6.07, 6.45) is 8.27. The highest BCUT2D eigenvalue weighted by Gasteiger charge is 2.47. The number of nitrogens with two attached hydrogens (primary N) is 1. The van der Waals surface area contributed by atoms with E-state index in [1.54, 1.807) is 0 Å². The van der Waals surface area contributed by atoms with Gasteiger partial charge >= 0.3 is 0 Å². The average molecular weight is 153 g/mol. The molecule has 0 spiro atoms. The lowest BCUT2D eigenvalue weighted by molar-refractivity contribution is 0.206. The van der Waals surface area contributed by atoms with Gasteiger partial charge < -0.3 is 5.73 Å². The molecule has 2 fully saturated rings. The fourth-order valence-electron chi connectivity index (χ4n) is 2.69. The van der Waals surface area contributed by atoms with Crippen LogP contribution in [0.3, 0.4) is 0 Å². The van der Waals surface area contributed by atoms with Gasteiger partial charge in [-0.2, -0.15) is 0 Å². The van der Waals surface area contributed by atoms with Gasteiger partial charge in [-0.1, -0.05) is 26.2 Å². The molecule has 0 radical (unpaired) electrons. The molecule has 0 saturated heterocycles. The van der Waals surface area contributed by atoms with Gasteiger partial charge in [-0.25, -0.2) is 0 Å². The third-order valence-electron chi connectivity index (χ3n) is 3.68. The highest BCUT2D eigenvalue weighted by atomic mass is 14.8. The quantitative estimate of drug-likeness (QED) is 0.614. The molecule has 2 unspecified atom stereocenters. The summed E-state index contributed by atoms with van der Waals surface area (Å²) in [5.41, 5.74) is 6.50. The maximum absolute atomic E-state index is 6.21. The lowest BCUT2D eigenvalue weighted by Crippen LogP contribution is -2.38. The van der Waals surface area contributed by atoms with Crippen LogP contribution in [-0.4, -0.2) is 5.54 Å². The van der Waals surface area contributed by atoms with Crippen LogP contribution in [0, 0.1) is 11.8 Å². The van der Waals surface area contributed by atoms with Crippen molar-refractivity contribution in [3.05, 3.63) is 0 Å². The minimum absolute atomic E-state index is 0.292. The van der Waals surface area contributed by atoms with E-state index < -0.39 is 0 Å². The Kier molecular flexibility index (Phi) is 1.71. The van der Waals surface area contributed by atoms with Crippen LogP contribution in [0.1, 0.15) is 45.4 Å². The molecule has 2 aliphatic carbocycles. The second kappa shape index (κ2) is 2.48. The Morgan fingerprint density at radius 3 is 2.36 bits per heavy atom. The summed E-state index contributed by atoms with van der Waals surface area (Å²) in [5.74, 6) is 1.76. The highest BCUT2D eigenvalue weighted by Crippen LogP contribution is 2.48. The molecule has 0 heterocycles. The molecular weight excluding hydrogens is 134 g/mol. The van der Waals surface area contributed by atoms with Crippen molar-refractivity contribution >= 4 is 0 Å². The third-order valence-corrected chi connectivity index (χ3v) is 3.68. The van der Waals surface area contributed by atoms with Crippen LogP contribution in [0.5, 0.6) is 0 Å². The molecule has 2 atom stereocenters. The van der Waals surface area contributed by atoms with Crippen LogP contribution in [0.2, 0.25) is 0 Å². The SMILES string of the molecule is CC1CCCCC1C1(N)CC1. The van der Waals surface area contributed by atoms with Crippen molar-refractivity contribution in [1.82, 2.24) is 0 Å². The van der Waals surface area contributed by atoms with Gasteiger partial charge in [0.1, 0.15) is 0 Å². The van der Waals surface area contributed by atoms with Gasteiger partial charge in [0.25, 0.3) is 0 Å². The van der Waals surface area contributed by atoms with E-state index in [2.05, 4.69) is 6.92 Å². The molecule has 2 N–H and O–H groups in total.